The molecule has 0 amide bonds. The van der Waals surface area contributed by atoms with Crippen molar-refractivity contribution in [2.75, 3.05) is 30.8 Å². The van der Waals surface area contributed by atoms with Gasteiger partial charge in [0.1, 0.15) is 6.20 Å². The van der Waals surface area contributed by atoms with Crippen molar-refractivity contribution in [1.29, 1.82) is 0 Å². The zero-order valence-corrected chi connectivity index (χ0v) is 11.0. The molecule has 0 radical (unpaired) electrons. The van der Waals surface area contributed by atoms with Crippen LogP contribution in [-0.2, 0) is 4.74 Å². The van der Waals surface area contributed by atoms with E-state index < -0.39 is 4.92 Å². The molecule has 1 atom stereocenters. The lowest BCUT2D eigenvalue weighted by molar-refractivity contribution is -0.384. The van der Waals surface area contributed by atoms with Crippen LogP contribution in [0.5, 0.6) is 0 Å². The van der Waals surface area contributed by atoms with Crippen LogP contribution in [0.1, 0.15) is 19.8 Å². The van der Waals surface area contributed by atoms with Crippen LogP contribution >= 0.6 is 0 Å². The topological polar surface area (TPSA) is 102 Å². The number of anilines is 2. The molecule has 8 nitrogen and oxygen atoms in total. The molecule has 0 spiro atoms. The number of nitrogens with one attached hydrogen (secondary N) is 2. The third kappa shape index (κ3) is 3.08. The molecule has 1 aliphatic rings. The first kappa shape index (κ1) is 13.5. The maximum Gasteiger partial charge on any atom is 0.329 e. The molecule has 1 saturated heterocycles. The van der Waals surface area contributed by atoms with Gasteiger partial charge < -0.3 is 15.4 Å². The molecule has 8 heteroatoms. The van der Waals surface area contributed by atoms with Crippen LogP contribution in [0.2, 0.25) is 0 Å². The second-order valence-corrected chi connectivity index (χ2v) is 4.69. The van der Waals surface area contributed by atoms with E-state index >= 15 is 0 Å². The van der Waals surface area contributed by atoms with E-state index in [9.17, 15) is 10.1 Å². The summed E-state index contributed by atoms with van der Waals surface area (Å²) in [7, 11) is 1.66. The van der Waals surface area contributed by atoms with E-state index in [4.69, 9.17) is 4.74 Å². The molecular weight excluding hydrogens is 250 g/mol. The summed E-state index contributed by atoms with van der Waals surface area (Å²) in [5.41, 5.74) is -0.431. The van der Waals surface area contributed by atoms with Crippen molar-refractivity contribution in [3.05, 3.63) is 16.3 Å². The summed E-state index contributed by atoms with van der Waals surface area (Å²) in [5.74, 6) is 0.548. The molecule has 0 bridgehead atoms. The van der Waals surface area contributed by atoms with Crippen molar-refractivity contribution in [3.8, 4) is 0 Å². The molecule has 0 aromatic carbocycles. The van der Waals surface area contributed by atoms with Gasteiger partial charge in [-0.05, 0) is 19.8 Å². The molecule has 19 heavy (non-hydrogen) atoms. The van der Waals surface area contributed by atoms with Gasteiger partial charge in [-0.15, -0.1) is 0 Å². The molecule has 1 aromatic rings. The highest BCUT2D eigenvalue weighted by Gasteiger charge is 2.30. The van der Waals surface area contributed by atoms with Gasteiger partial charge in [0, 0.05) is 20.2 Å². The number of nitro groups is 1. The fourth-order valence-electron chi connectivity index (χ4n) is 2.01. The smallest absolute Gasteiger partial charge is 0.329 e. The monoisotopic (exact) mass is 267 g/mol. The normalized spacial score (nSPS) is 22.2. The predicted molar refractivity (Wildman–Crippen MR) is 70.3 cm³/mol. The van der Waals surface area contributed by atoms with Crippen molar-refractivity contribution in [1.82, 2.24) is 9.97 Å². The van der Waals surface area contributed by atoms with Crippen molar-refractivity contribution in [2.24, 2.45) is 0 Å². The fraction of sp³-hybridized carbons (Fsp3) is 0.636. The van der Waals surface area contributed by atoms with Gasteiger partial charge in [-0.2, -0.15) is 4.98 Å². The Hall–Kier alpha value is -1.96. The van der Waals surface area contributed by atoms with Gasteiger partial charge in [0.15, 0.2) is 0 Å². The second-order valence-electron chi connectivity index (χ2n) is 4.69. The first-order valence-corrected chi connectivity index (χ1v) is 6.11. The Morgan fingerprint density at radius 1 is 1.63 bits per heavy atom. The van der Waals surface area contributed by atoms with Crippen LogP contribution < -0.4 is 10.6 Å². The first-order chi connectivity index (χ1) is 9.04. The highest BCUT2D eigenvalue weighted by molar-refractivity contribution is 5.57. The number of aromatic nitrogens is 2. The predicted octanol–water partition coefficient (Wildman–Crippen LogP) is 1.41. The molecule has 1 aliphatic heterocycles. The zero-order chi connectivity index (χ0) is 13.9. The zero-order valence-electron chi connectivity index (χ0n) is 11.0. The number of rotatable bonds is 5. The lowest BCUT2D eigenvalue weighted by Crippen LogP contribution is -2.33. The summed E-state index contributed by atoms with van der Waals surface area (Å²) in [6.45, 7) is 3.19. The lowest BCUT2D eigenvalue weighted by atomic mass is 10.0. The van der Waals surface area contributed by atoms with Gasteiger partial charge in [0.2, 0.25) is 11.8 Å². The van der Waals surface area contributed by atoms with Gasteiger partial charge >= 0.3 is 5.69 Å². The maximum absolute atomic E-state index is 10.9. The van der Waals surface area contributed by atoms with Crippen LogP contribution in [0, 0.1) is 10.1 Å². The fourth-order valence-corrected chi connectivity index (χ4v) is 2.01. The molecule has 0 aliphatic carbocycles. The van der Waals surface area contributed by atoms with E-state index in [1.807, 2.05) is 6.92 Å². The van der Waals surface area contributed by atoms with Crippen molar-refractivity contribution in [3.63, 3.8) is 0 Å². The van der Waals surface area contributed by atoms with Gasteiger partial charge in [-0.1, -0.05) is 0 Å². The van der Waals surface area contributed by atoms with E-state index in [2.05, 4.69) is 20.6 Å². The summed E-state index contributed by atoms with van der Waals surface area (Å²) in [4.78, 5) is 18.3. The minimum absolute atomic E-state index is 0.138. The first-order valence-electron chi connectivity index (χ1n) is 6.11. The van der Waals surface area contributed by atoms with Crippen LogP contribution in [0.3, 0.4) is 0 Å². The third-order valence-electron chi connectivity index (χ3n) is 3.12. The standard InChI is InChI=1S/C11H17N5O3/c1-11(4-3-5-19-11)7-14-9-8(16(17)18)6-13-10(12-2)15-9/h6H,3-5,7H2,1-2H3,(H2,12,13,14,15). The molecule has 2 heterocycles. The van der Waals surface area contributed by atoms with E-state index in [0.717, 1.165) is 19.4 Å². The maximum atomic E-state index is 10.9. The quantitative estimate of drug-likeness (QED) is 0.614. The van der Waals surface area contributed by atoms with Gasteiger partial charge in [-0.25, -0.2) is 4.98 Å². The molecule has 2 rings (SSSR count). The van der Waals surface area contributed by atoms with Gasteiger partial charge in [-0.3, -0.25) is 10.1 Å². The van der Waals surface area contributed by atoms with Crippen molar-refractivity contribution in [2.45, 2.75) is 25.4 Å². The highest BCUT2D eigenvalue weighted by Crippen LogP contribution is 2.27. The minimum Gasteiger partial charge on any atom is -0.373 e. The van der Waals surface area contributed by atoms with Crippen molar-refractivity contribution >= 4 is 17.5 Å². The van der Waals surface area contributed by atoms with E-state index in [1.165, 1.54) is 6.20 Å². The lowest BCUT2D eigenvalue weighted by Gasteiger charge is -2.23. The van der Waals surface area contributed by atoms with Gasteiger partial charge in [0.05, 0.1) is 10.5 Å². The summed E-state index contributed by atoms with van der Waals surface area (Å²) in [6.07, 6.45) is 3.13. The van der Waals surface area contributed by atoms with E-state index in [1.54, 1.807) is 7.05 Å². The number of hydrogen-bond acceptors (Lipinski definition) is 7. The summed E-state index contributed by atoms with van der Waals surface area (Å²) < 4.78 is 5.63. The number of nitrogens with zero attached hydrogens (tertiary/aromatic N) is 3. The number of ether oxygens (including phenoxy) is 1. The van der Waals surface area contributed by atoms with Gasteiger partial charge in [0.25, 0.3) is 0 Å². The minimum atomic E-state index is -0.500. The molecule has 0 saturated carbocycles. The second kappa shape index (κ2) is 5.35. The van der Waals surface area contributed by atoms with E-state index in [-0.39, 0.29) is 17.1 Å². The van der Waals surface area contributed by atoms with Crippen LogP contribution in [0.4, 0.5) is 17.5 Å². The number of hydrogen-bond donors (Lipinski definition) is 2. The average molecular weight is 267 g/mol. The molecule has 1 fully saturated rings. The summed E-state index contributed by atoms with van der Waals surface area (Å²) >= 11 is 0. The molecule has 1 unspecified atom stereocenters. The molecular formula is C11H17N5O3. The Morgan fingerprint density at radius 2 is 2.42 bits per heavy atom. The van der Waals surface area contributed by atoms with Crippen LogP contribution in [0.25, 0.3) is 0 Å². The Labute approximate surface area is 110 Å². The third-order valence-corrected chi connectivity index (χ3v) is 3.12. The molecule has 1 aromatic heterocycles. The SMILES string of the molecule is CNc1ncc([N+](=O)[O-])c(NCC2(C)CCCO2)n1. The Kier molecular flexibility index (Phi) is 3.79. The Morgan fingerprint density at radius 3 is 3.00 bits per heavy atom. The summed E-state index contributed by atoms with van der Waals surface area (Å²) in [6, 6.07) is 0. The van der Waals surface area contributed by atoms with Crippen LogP contribution in [0.15, 0.2) is 6.20 Å². The van der Waals surface area contributed by atoms with Crippen LogP contribution in [-0.4, -0.2) is 40.7 Å². The largest absolute Gasteiger partial charge is 0.373 e. The van der Waals surface area contributed by atoms with E-state index in [0.29, 0.717) is 12.5 Å². The average Bonchev–Trinajstić information content (AvgIpc) is 2.83. The summed E-state index contributed by atoms with van der Waals surface area (Å²) in [5, 5.41) is 16.7. The highest BCUT2D eigenvalue weighted by atomic mass is 16.6. The van der Waals surface area contributed by atoms with Crippen molar-refractivity contribution < 1.29 is 9.66 Å². The Balaban J connectivity index is 2.15. The molecule has 104 valence electrons. The Bertz CT molecular complexity index is 473. The molecule has 2 N–H and O–H groups in total.